The number of carbonyl (C=O) groups is 2. The summed E-state index contributed by atoms with van der Waals surface area (Å²) in [5, 5.41) is 11.2. The molecule has 0 saturated heterocycles. The first-order valence-electron chi connectivity index (χ1n) is 6.46. The number of aliphatic carboxylic acids is 1. The van der Waals surface area contributed by atoms with Crippen LogP contribution in [0.5, 0.6) is 0 Å². The van der Waals surface area contributed by atoms with E-state index < -0.39 is 41.1 Å². The molecule has 0 aliphatic heterocycles. The van der Waals surface area contributed by atoms with Gasteiger partial charge in [-0.2, -0.15) is 0 Å². The number of rotatable bonds is 5. The van der Waals surface area contributed by atoms with Crippen LogP contribution >= 0.6 is 0 Å². The van der Waals surface area contributed by atoms with Gasteiger partial charge in [0.2, 0.25) is 0 Å². The van der Waals surface area contributed by atoms with E-state index in [1.165, 1.54) is 12.1 Å². The van der Waals surface area contributed by atoms with Crippen LogP contribution in [0.25, 0.3) is 0 Å². The first-order chi connectivity index (χ1) is 10.9. The summed E-state index contributed by atoms with van der Waals surface area (Å²) in [5.74, 6) is -5.09. The maximum Gasteiger partial charge on any atom is 0.326 e. The molecule has 1 atom stereocenters. The molecule has 1 aromatic carbocycles. The van der Waals surface area contributed by atoms with E-state index in [2.05, 4.69) is 10.3 Å². The number of nitrogens with zero attached hydrogens (tertiary/aromatic N) is 1. The van der Waals surface area contributed by atoms with Gasteiger partial charge in [0.15, 0.2) is 11.5 Å². The number of carboxylic acid groups (broad SMARTS) is 1. The lowest BCUT2D eigenvalue weighted by atomic mass is 10.1. The average molecular weight is 324 g/mol. The molecule has 8 heteroatoms. The van der Waals surface area contributed by atoms with Crippen LogP contribution in [0.3, 0.4) is 0 Å². The molecule has 0 radical (unpaired) electrons. The molecule has 0 spiro atoms. The molecule has 0 saturated carbocycles. The van der Waals surface area contributed by atoms with Crippen LogP contribution < -0.4 is 5.32 Å². The third kappa shape index (κ3) is 4.29. The molecule has 2 rings (SSSR count). The van der Waals surface area contributed by atoms with E-state index in [4.69, 9.17) is 5.11 Å². The summed E-state index contributed by atoms with van der Waals surface area (Å²) >= 11 is 0. The van der Waals surface area contributed by atoms with Gasteiger partial charge in [-0.1, -0.05) is 12.1 Å². The minimum absolute atomic E-state index is 0.135. The summed E-state index contributed by atoms with van der Waals surface area (Å²) in [7, 11) is 0. The molecule has 0 aliphatic rings. The largest absolute Gasteiger partial charge is 0.480 e. The number of nitrogens with one attached hydrogen (secondary N) is 1. The third-order valence-corrected chi connectivity index (χ3v) is 2.98. The molecule has 0 aliphatic carbocycles. The first-order valence-corrected chi connectivity index (χ1v) is 6.46. The standard InChI is InChI=1S/C15H11F3N2O3/c16-9-3-1-8(2-4-9)5-12(15(22)23)20-14(21)13-11(18)6-10(17)7-19-13/h1-4,6-7,12H,5H2,(H,20,21)(H,22,23)/t12-/m1/s1. The van der Waals surface area contributed by atoms with Crippen molar-refractivity contribution < 1.29 is 27.9 Å². The molecule has 2 N–H and O–H groups in total. The summed E-state index contributed by atoms with van der Waals surface area (Å²) in [5.41, 5.74) is -0.247. The molecular formula is C15H11F3N2O3. The lowest BCUT2D eigenvalue weighted by molar-refractivity contribution is -0.139. The molecule has 1 amide bonds. The van der Waals surface area contributed by atoms with Gasteiger partial charge in [0.05, 0.1) is 6.20 Å². The lowest BCUT2D eigenvalue weighted by Gasteiger charge is -2.14. The van der Waals surface area contributed by atoms with E-state index in [0.29, 0.717) is 17.8 Å². The molecule has 5 nitrogen and oxygen atoms in total. The molecule has 2 aromatic rings. The predicted octanol–water partition coefficient (Wildman–Crippen LogP) is 1.92. The second-order valence-corrected chi connectivity index (χ2v) is 4.68. The summed E-state index contributed by atoms with van der Waals surface area (Å²) < 4.78 is 39.1. The van der Waals surface area contributed by atoms with Gasteiger partial charge in [0.25, 0.3) is 5.91 Å². The van der Waals surface area contributed by atoms with Crippen molar-refractivity contribution in [3.05, 3.63) is 65.2 Å². The Labute approximate surface area is 128 Å². The molecule has 1 aromatic heterocycles. The van der Waals surface area contributed by atoms with Gasteiger partial charge in [-0.05, 0) is 17.7 Å². The molecule has 23 heavy (non-hydrogen) atoms. The number of halogens is 3. The van der Waals surface area contributed by atoms with Crippen LogP contribution in [-0.4, -0.2) is 28.0 Å². The Morgan fingerprint density at radius 3 is 2.35 bits per heavy atom. The second kappa shape index (κ2) is 6.91. The van der Waals surface area contributed by atoms with Crippen LogP contribution in [0.4, 0.5) is 13.2 Å². The predicted molar refractivity (Wildman–Crippen MR) is 73.1 cm³/mol. The monoisotopic (exact) mass is 324 g/mol. The third-order valence-electron chi connectivity index (χ3n) is 2.98. The van der Waals surface area contributed by atoms with E-state index in [1.807, 2.05) is 0 Å². The van der Waals surface area contributed by atoms with Crippen LogP contribution in [-0.2, 0) is 11.2 Å². The SMILES string of the molecule is O=C(N[C@H](Cc1ccc(F)cc1)C(=O)O)c1ncc(F)cc1F. The first kappa shape index (κ1) is 16.5. The number of hydrogen-bond acceptors (Lipinski definition) is 3. The molecule has 0 unspecified atom stereocenters. The van der Waals surface area contributed by atoms with Gasteiger partial charge in [-0.25, -0.2) is 22.9 Å². The second-order valence-electron chi connectivity index (χ2n) is 4.68. The number of benzene rings is 1. The maximum absolute atomic E-state index is 13.5. The smallest absolute Gasteiger partial charge is 0.326 e. The number of pyridine rings is 1. The Morgan fingerprint density at radius 2 is 1.78 bits per heavy atom. The number of amides is 1. The van der Waals surface area contributed by atoms with Crippen molar-refractivity contribution in [1.82, 2.24) is 10.3 Å². The summed E-state index contributed by atoms with van der Waals surface area (Å²) in [6.07, 6.45) is 0.512. The summed E-state index contributed by atoms with van der Waals surface area (Å²) in [6, 6.07) is 4.13. The number of hydrogen-bond donors (Lipinski definition) is 2. The molecule has 0 bridgehead atoms. The average Bonchev–Trinajstić information content (AvgIpc) is 2.48. The van der Waals surface area contributed by atoms with Gasteiger partial charge in [-0.3, -0.25) is 4.79 Å². The fraction of sp³-hybridized carbons (Fsp3) is 0.133. The Morgan fingerprint density at radius 1 is 1.13 bits per heavy atom. The van der Waals surface area contributed by atoms with Crippen LogP contribution in [0, 0.1) is 17.5 Å². The molecular weight excluding hydrogens is 313 g/mol. The van der Waals surface area contributed by atoms with Crippen LogP contribution in [0.2, 0.25) is 0 Å². The fourth-order valence-corrected chi connectivity index (χ4v) is 1.86. The highest BCUT2D eigenvalue weighted by Gasteiger charge is 2.23. The van der Waals surface area contributed by atoms with Gasteiger partial charge >= 0.3 is 5.97 Å². The van der Waals surface area contributed by atoms with Gasteiger partial charge in [0, 0.05) is 12.5 Å². The summed E-state index contributed by atoms with van der Waals surface area (Å²) in [4.78, 5) is 26.4. The van der Waals surface area contributed by atoms with E-state index in [1.54, 1.807) is 0 Å². The normalized spacial score (nSPS) is 11.8. The van der Waals surface area contributed by atoms with Crippen molar-refractivity contribution in [3.8, 4) is 0 Å². The van der Waals surface area contributed by atoms with Crippen molar-refractivity contribution >= 4 is 11.9 Å². The number of carboxylic acids is 1. The van der Waals surface area contributed by atoms with Crippen molar-refractivity contribution in [2.45, 2.75) is 12.5 Å². The Balaban J connectivity index is 2.14. The molecule has 0 fully saturated rings. The van der Waals surface area contributed by atoms with E-state index >= 15 is 0 Å². The van der Waals surface area contributed by atoms with Crippen LogP contribution in [0.15, 0.2) is 36.5 Å². The zero-order valence-corrected chi connectivity index (χ0v) is 11.6. The van der Waals surface area contributed by atoms with E-state index in [0.717, 1.165) is 12.1 Å². The minimum atomic E-state index is -1.38. The highest BCUT2D eigenvalue weighted by atomic mass is 19.1. The quantitative estimate of drug-likeness (QED) is 0.881. The maximum atomic E-state index is 13.5. The lowest BCUT2D eigenvalue weighted by Crippen LogP contribution is -2.42. The number of aromatic nitrogens is 1. The van der Waals surface area contributed by atoms with Crippen molar-refractivity contribution in [3.63, 3.8) is 0 Å². The van der Waals surface area contributed by atoms with E-state index in [9.17, 15) is 22.8 Å². The van der Waals surface area contributed by atoms with Crippen molar-refractivity contribution in [2.24, 2.45) is 0 Å². The Hall–Kier alpha value is -2.90. The van der Waals surface area contributed by atoms with Crippen LogP contribution in [0.1, 0.15) is 16.1 Å². The van der Waals surface area contributed by atoms with E-state index in [-0.39, 0.29) is 6.42 Å². The zero-order chi connectivity index (χ0) is 17.0. The van der Waals surface area contributed by atoms with Gasteiger partial charge in [0.1, 0.15) is 17.7 Å². The Kier molecular flexibility index (Phi) is 4.95. The topological polar surface area (TPSA) is 79.3 Å². The summed E-state index contributed by atoms with van der Waals surface area (Å²) in [6.45, 7) is 0. The minimum Gasteiger partial charge on any atom is -0.480 e. The number of carbonyl (C=O) groups excluding carboxylic acids is 1. The van der Waals surface area contributed by atoms with Crippen molar-refractivity contribution in [2.75, 3.05) is 0 Å². The fourth-order valence-electron chi connectivity index (χ4n) is 1.86. The highest BCUT2D eigenvalue weighted by molar-refractivity contribution is 5.95. The molecule has 120 valence electrons. The Bertz CT molecular complexity index is 735. The van der Waals surface area contributed by atoms with Crippen molar-refractivity contribution in [1.29, 1.82) is 0 Å². The molecule has 1 heterocycles. The highest BCUT2D eigenvalue weighted by Crippen LogP contribution is 2.09. The van der Waals surface area contributed by atoms with Gasteiger partial charge in [-0.15, -0.1) is 0 Å². The zero-order valence-electron chi connectivity index (χ0n) is 11.6. The van der Waals surface area contributed by atoms with Gasteiger partial charge < -0.3 is 10.4 Å².